The number of fused-ring (bicyclic) bond motifs is 1. The molecule has 0 bridgehead atoms. The van der Waals surface area contributed by atoms with Gasteiger partial charge in [-0.05, 0) is 6.42 Å². The number of hydrogen-bond acceptors (Lipinski definition) is 3. The molecule has 0 spiro atoms. The summed E-state index contributed by atoms with van der Waals surface area (Å²) in [6.45, 7) is 0. The van der Waals surface area contributed by atoms with Gasteiger partial charge in [0.25, 0.3) is 0 Å². The van der Waals surface area contributed by atoms with Gasteiger partial charge in [0.2, 0.25) is 5.76 Å². The van der Waals surface area contributed by atoms with Gasteiger partial charge in [-0.15, -0.1) is 0 Å². The lowest BCUT2D eigenvalue weighted by Gasteiger charge is -2.09. The lowest BCUT2D eigenvalue weighted by molar-refractivity contribution is 0.0625. The summed E-state index contributed by atoms with van der Waals surface area (Å²) in [4.78, 5) is 21.2. The number of carbonyl (C=O) groups is 2. The molecule has 1 aliphatic rings. The molecule has 13 heavy (non-hydrogen) atoms. The van der Waals surface area contributed by atoms with E-state index in [9.17, 15) is 9.59 Å². The monoisotopic (exact) mass is 182 g/mol. The number of hydrogen-bond donors (Lipinski definition) is 2. The highest BCUT2D eigenvalue weighted by molar-refractivity contribution is 6.01. The summed E-state index contributed by atoms with van der Waals surface area (Å²) in [6, 6.07) is 0. The molecule has 0 amide bonds. The molecule has 1 aromatic rings. The number of carboxylic acid groups (broad SMARTS) is 2. The van der Waals surface area contributed by atoms with Crippen LogP contribution in [0, 0.1) is 0 Å². The molecule has 0 fully saturated rings. The Morgan fingerprint density at radius 2 is 1.85 bits per heavy atom. The summed E-state index contributed by atoms with van der Waals surface area (Å²) in [5.74, 6) is -2.52. The van der Waals surface area contributed by atoms with Gasteiger partial charge < -0.3 is 14.6 Å². The van der Waals surface area contributed by atoms with Crippen LogP contribution >= 0.6 is 0 Å². The number of rotatable bonds is 2. The van der Waals surface area contributed by atoms with Gasteiger partial charge in [-0.3, -0.25) is 0 Å². The fourth-order valence-electron chi connectivity index (χ4n) is 1.42. The van der Waals surface area contributed by atoms with Crippen molar-refractivity contribution in [3.8, 4) is 0 Å². The average molecular weight is 182 g/mol. The van der Waals surface area contributed by atoms with Crippen molar-refractivity contribution in [1.29, 1.82) is 0 Å². The summed E-state index contributed by atoms with van der Waals surface area (Å²) >= 11 is 0. The number of furan rings is 1. The molecule has 0 aliphatic heterocycles. The molecule has 2 N–H and O–H groups in total. The van der Waals surface area contributed by atoms with Crippen molar-refractivity contribution in [3.63, 3.8) is 0 Å². The van der Waals surface area contributed by atoms with Gasteiger partial charge in [0.15, 0.2) is 0 Å². The Kier molecular flexibility index (Phi) is 1.42. The molecule has 68 valence electrons. The van der Waals surface area contributed by atoms with Crippen molar-refractivity contribution in [3.05, 3.63) is 22.6 Å². The lowest BCUT2D eigenvalue weighted by atomic mass is 9.93. The maximum atomic E-state index is 10.7. The van der Waals surface area contributed by atoms with Crippen molar-refractivity contribution in [1.82, 2.24) is 0 Å². The van der Waals surface area contributed by atoms with Gasteiger partial charge in [-0.25, -0.2) is 9.59 Å². The molecular formula is C8H6O5. The van der Waals surface area contributed by atoms with Gasteiger partial charge >= 0.3 is 11.9 Å². The SMILES string of the molecule is O=C(O)c1oc2c(c1C(=O)O)CC2. The molecule has 0 saturated heterocycles. The van der Waals surface area contributed by atoms with Crippen molar-refractivity contribution in [2.45, 2.75) is 12.8 Å². The van der Waals surface area contributed by atoms with Gasteiger partial charge in [0, 0.05) is 12.0 Å². The molecule has 5 nitrogen and oxygen atoms in total. The van der Waals surface area contributed by atoms with Gasteiger partial charge in [0.05, 0.1) is 0 Å². The van der Waals surface area contributed by atoms with Crippen LogP contribution in [0.1, 0.15) is 32.2 Å². The smallest absolute Gasteiger partial charge is 0.372 e. The summed E-state index contributed by atoms with van der Waals surface area (Å²) in [6.07, 6.45) is 1.22. The lowest BCUT2D eigenvalue weighted by Crippen LogP contribution is -2.11. The molecule has 5 heteroatoms. The first-order chi connectivity index (χ1) is 6.11. The maximum Gasteiger partial charge on any atom is 0.372 e. The molecule has 0 unspecified atom stereocenters. The minimum absolute atomic E-state index is 0.186. The number of aryl methyl sites for hydroxylation is 1. The highest BCUT2D eigenvalue weighted by Gasteiger charge is 2.33. The van der Waals surface area contributed by atoms with E-state index in [1.165, 1.54) is 0 Å². The second kappa shape index (κ2) is 2.35. The zero-order valence-corrected chi connectivity index (χ0v) is 6.53. The van der Waals surface area contributed by atoms with E-state index in [2.05, 4.69) is 0 Å². The Bertz CT molecular complexity index is 401. The first kappa shape index (κ1) is 7.85. The quantitative estimate of drug-likeness (QED) is 0.705. The normalized spacial score (nSPS) is 13.2. The van der Waals surface area contributed by atoms with Gasteiger partial charge in [-0.2, -0.15) is 0 Å². The van der Waals surface area contributed by atoms with Crippen LogP contribution in [0.4, 0.5) is 0 Å². The minimum atomic E-state index is -1.33. The van der Waals surface area contributed by atoms with E-state index >= 15 is 0 Å². The molecule has 0 aromatic carbocycles. The predicted octanol–water partition coefficient (Wildman–Crippen LogP) is 0.775. The topological polar surface area (TPSA) is 87.7 Å². The molecular weight excluding hydrogens is 176 g/mol. The van der Waals surface area contributed by atoms with Crippen molar-refractivity contribution < 1.29 is 24.2 Å². The van der Waals surface area contributed by atoms with Crippen LogP contribution in [0.25, 0.3) is 0 Å². The third kappa shape index (κ3) is 0.932. The minimum Gasteiger partial charge on any atom is -0.478 e. The van der Waals surface area contributed by atoms with Crippen LogP contribution in [0.5, 0.6) is 0 Å². The Balaban J connectivity index is 2.62. The Hall–Kier alpha value is -1.78. The van der Waals surface area contributed by atoms with Crippen molar-refractivity contribution in [2.75, 3.05) is 0 Å². The van der Waals surface area contributed by atoms with Crippen LogP contribution in [0.3, 0.4) is 0 Å². The van der Waals surface area contributed by atoms with E-state index in [-0.39, 0.29) is 5.56 Å². The van der Waals surface area contributed by atoms with Crippen LogP contribution < -0.4 is 0 Å². The largest absolute Gasteiger partial charge is 0.478 e. The molecule has 1 heterocycles. The summed E-state index contributed by atoms with van der Waals surface area (Å²) in [7, 11) is 0. The molecule has 0 saturated carbocycles. The van der Waals surface area contributed by atoms with E-state index in [0.717, 1.165) is 0 Å². The fourth-order valence-corrected chi connectivity index (χ4v) is 1.42. The number of carboxylic acids is 2. The second-order valence-corrected chi connectivity index (χ2v) is 2.82. The van der Waals surface area contributed by atoms with Gasteiger partial charge in [-0.1, -0.05) is 0 Å². The average Bonchev–Trinajstić information content (AvgIpc) is 2.23. The molecule has 2 rings (SSSR count). The Morgan fingerprint density at radius 3 is 2.23 bits per heavy atom. The highest BCUT2D eigenvalue weighted by atomic mass is 16.4. The highest BCUT2D eigenvalue weighted by Crippen LogP contribution is 2.31. The van der Waals surface area contributed by atoms with E-state index in [1.54, 1.807) is 0 Å². The number of aromatic carboxylic acids is 2. The van der Waals surface area contributed by atoms with Crippen molar-refractivity contribution >= 4 is 11.9 Å². The Morgan fingerprint density at radius 1 is 1.15 bits per heavy atom. The third-order valence-corrected chi connectivity index (χ3v) is 2.10. The first-order valence-electron chi connectivity index (χ1n) is 3.72. The van der Waals surface area contributed by atoms with E-state index in [1.807, 2.05) is 0 Å². The van der Waals surface area contributed by atoms with Crippen LogP contribution in [-0.2, 0) is 12.8 Å². The summed E-state index contributed by atoms with van der Waals surface area (Å²) in [5, 5.41) is 17.3. The third-order valence-electron chi connectivity index (χ3n) is 2.10. The summed E-state index contributed by atoms with van der Waals surface area (Å²) in [5.41, 5.74) is 0.346. The molecule has 0 atom stereocenters. The maximum absolute atomic E-state index is 10.7. The predicted molar refractivity (Wildman–Crippen MR) is 40.0 cm³/mol. The van der Waals surface area contributed by atoms with E-state index < -0.39 is 17.7 Å². The van der Waals surface area contributed by atoms with E-state index in [4.69, 9.17) is 14.6 Å². The first-order valence-corrected chi connectivity index (χ1v) is 3.72. The standard InChI is InChI=1S/C8H6O5/c9-7(10)5-3-1-2-4(3)13-6(5)8(11)12/h1-2H2,(H,9,10)(H,11,12). The fraction of sp³-hybridized carbons (Fsp3) is 0.250. The van der Waals surface area contributed by atoms with E-state index in [0.29, 0.717) is 24.2 Å². The van der Waals surface area contributed by atoms with Crippen LogP contribution in [0.15, 0.2) is 4.42 Å². The summed E-state index contributed by atoms with van der Waals surface area (Å²) < 4.78 is 4.87. The second-order valence-electron chi connectivity index (χ2n) is 2.82. The molecule has 1 aromatic heterocycles. The van der Waals surface area contributed by atoms with Crippen LogP contribution in [-0.4, -0.2) is 22.2 Å². The van der Waals surface area contributed by atoms with Gasteiger partial charge in [0.1, 0.15) is 11.3 Å². The van der Waals surface area contributed by atoms with Crippen LogP contribution in [0.2, 0.25) is 0 Å². The zero-order chi connectivity index (χ0) is 9.59. The molecule has 0 radical (unpaired) electrons. The molecule has 1 aliphatic carbocycles. The van der Waals surface area contributed by atoms with Crippen molar-refractivity contribution in [2.24, 2.45) is 0 Å². The zero-order valence-electron chi connectivity index (χ0n) is 6.53. The Labute approximate surface area is 72.6 Å².